The number of para-hydroxylation sites is 2. The lowest BCUT2D eigenvalue weighted by atomic mass is 10.2. The molecule has 1 aliphatic rings. The highest BCUT2D eigenvalue weighted by Crippen LogP contribution is 2.32. The first-order valence-corrected chi connectivity index (χ1v) is 4.51. The Balaban J connectivity index is 2.43. The summed E-state index contributed by atoms with van der Waals surface area (Å²) >= 11 is 0. The quantitative estimate of drug-likeness (QED) is 0.674. The molecule has 4 heteroatoms. The Morgan fingerprint density at radius 3 is 3.00 bits per heavy atom. The number of nitrogens with two attached hydrogens (primary N) is 1. The third kappa shape index (κ3) is 1.39. The van der Waals surface area contributed by atoms with Gasteiger partial charge in [0.1, 0.15) is 11.9 Å². The van der Waals surface area contributed by atoms with E-state index in [0.717, 1.165) is 5.69 Å². The Hall–Kier alpha value is -1.71. The van der Waals surface area contributed by atoms with E-state index in [2.05, 4.69) is 0 Å². The molecular weight excluding hydrogens is 180 g/mol. The number of ether oxygens (including phenoxy) is 1. The van der Waals surface area contributed by atoms with Gasteiger partial charge in [0.25, 0.3) is 0 Å². The van der Waals surface area contributed by atoms with Crippen LogP contribution in [0.2, 0.25) is 0 Å². The third-order valence-corrected chi connectivity index (χ3v) is 2.19. The number of primary amides is 1. The van der Waals surface area contributed by atoms with Gasteiger partial charge >= 0.3 is 6.03 Å². The molecule has 0 saturated carbocycles. The number of urea groups is 1. The number of carbonyl (C=O) groups excluding carboxylic acids is 1. The summed E-state index contributed by atoms with van der Waals surface area (Å²) in [5, 5.41) is 0. The highest BCUT2D eigenvalue weighted by atomic mass is 16.5. The van der Waals surface area contributed by atoms with Gasteiger partial charge in [-0.3, -0.25) is 4.90 Å². The molecule has 0 bridgehead atoms. The van der Waals surface area contributed by atoms with Gasteiger partial charge in [0, 0.05) is 0 Å². The molecule has 74 valence electrons. The average Bonchev–Trinajstić information content (AvgIpc) is 2.16. The number of amides is 2. The summed E-state index contributed by atoms with van der Waals surface area (Å²) in [4.78, 5) is 12.7. The van der Waals surface area contributed by atoms with E-state index in [1.165, 1.54) is 4.90 Å². The van der Waals surface area contributed by atoms with Crippen LogP contribution in [0.1, 0.15) is 6.92 Å². The molecule has 0 spiro atoms. The maximum atomic E-state index is 11.2. The SMILES string of the molecule is CC1CN(C(N)=O)c2ccccc2O1. The van der Waals surface area contributed by atoms with Crippen molar-refractivity contribution in [1.82, 2.24) is 0 Å². The lowest BCUT2D eigenvalue weighted by Gasteiger charge is -2.32. The minimum absolute atomic E-state index is 0.0163. The van der Waals surface area contributed by atoms with E-state index in [9.17, 15) is 4.79 Å². The molecule has 1 unspecified atom stereocenters. The van der Waals surface area contributed by atoms with Crippen LogP contribution in [-0.4, -0.2) is 18.7 Å². The number of fused-ring (bicyclic) bond motifs is 1. The van der Waals surface area contributed by atoms with Crippen molar-refractivity contribution < 1.29 is 9.53 Å². The Labute approximate surface area is 82.3 Å². The summed E-state index contributed by atoms with van der Waals surface area (Å²) < 4.78 is 5.56. The monoisotopic (exact) mass is 192 g/mol. The van der Waals surface area contributed by atoms with Crippen molar-refractivity contribution in [3.05, 3.63) is 24.3 Å². The van der Waals surface area contributed by atoms with Crippen LogP contribution in [0.4, 0.5) is 10.5 Å². The molecule has 0 fully saturated rings. The zero-order valence-electron chi connectivity index (χ0n) is 7.93. The van der Waals surface area contributed by atoms with Gasteiger partial charge in [-0.05, 0) is 19.1 Å². The molecule has 1 aromatic rings. The largest absolute Gasteiger partial charge is 0.487 e. The smallest absolute Gasteiger partial charge is 0.319 e. The van der Waals surface area contributed by atoms with Gasteiger partial charge < -0.3 is 10.5 Å². The predicted octanol–water partition coefficient (Wildman–Crippen LogP) is 1.35. The van der Waals surface area contributed by atoms with Crippen LogP contribution >= 0.6 is 0 Å². The molecule has 4 nitrogen and oxygen atoms in total. The van der Waals surface area contributed by atoms with Crippen molar-refractivity contribution in [2.75, 3.05) is 11.4 Å². The first-order chi connectivity index (χ1) is 6.68. The van der Waals surface area contributed by atoms with E-state index in [4.69, 9.17) is 10.5 Å². The normalized spacial score (nSPS) is 19.8. The number of anilines is 1. The van der Waals surface area contributed by atoms with Crippen molar-refractivity contribution >= 4 is 11.7 Å². The Bertz CT molecular complexity index is 365. The van der Waals surface area contributed by atoms with Gasteiger partial charge in [0.2, 0.25) is 0 Å². The van der Waals surface area contributed by atoms with Gasteiger partial charge in [-0.25, -0.2) is 4.79 Å². The fourth-order valence-electron chi connectivity index (χ4n) is 1.60. The fourth-order valence-corrected chi connectivity index (χ4v) is 1.60. The molecule has 0 aromatic heterocycles. The second-order valence-electron chi connectivity index (χ2n) is 3.35. The van der Waals surface area contributed by atoms with Crippen LogP contribution < -0.4 is 15.4 Å². The third-order valence-electron chi connectivity index (χ3n) is 2.19. The summed E-state index contributed by atoms with van der Waals surface area (Å²) in [6.07, 6.45) is -0.0163. The van der Waals surface area contributed by atoms with Crippen molar-refractivity contribution in [2.24, 2.45) is 5.73 Å². The maximum absolute atomic E-state index is 11.2. The van der Waals surface area contributed by atoms with Crippen molar-refractivity contribution in [3.63, 3.8) is 0 Å². The molecule has 1 aliphatic heterocycles. The van der Waals surface area contributed by atoms with Crippen LogP contribution in [0.3, 0.4) is 0 Å². The minimum Gasteiger partial charge on any atom is -0.487 e. The average molecular weight is 192 g/mol. The Kier molecular flexibility index (Phi) is 2.04. The van der Waals surface area contributed by atoms with Crippen molar-refractivity contribution in [1.29, 1.82) is 0 Å². The molecule has 2 amide bonds. The number of benzene rings is 1. The van der Waals surface area contributed by atoms with Crippen LogP contribution in [0.5, 0.6) is 5.75 Å². The van der Waals surface area contributed by atoms with E-state index in [1.54, 1.807) is 0 Å². The van der Waals surface area contributed by atoms with Crippen molar-refractivity contribution in [2.45, 2.75) is 13.0 Å². The first-order valence-electron chi connectivity index (χ1n) is 4.51. The Morgan fingerprint density at radius 1 is 1.57 bits per heavy atom. The summed E-state index contributed by atoms with van der Waals surface area (Å²) in [7, 11) is 0. The second kappa shape index (κ2) is 3.21. The van der Waals surface area contributed by atoms with Crippen LogP contribution in [0.25, 0.3) is 0 Å². The van der Waals surface area contributed by atoms with E-state index >= 15 is 0 Å². The molecular formula is C10H12N2O2. The van der Waals surface area contributed by atoms with Gasteiger partial charge in [-0.1, -0.05) is 12.1 Å². The summed E-state index contributed by atoms with van der Waals surface area (Å²) in [5.41, 5.74) is 6.02. The summed E-state index contributed by atoms with van der Waals surface area (Å²) in [6.45, 7) is 2.41. The van der Waals surface area contributed by atoms with Gasteiger partial charge in [-0.2, -0.15) is 0 Å². The molecule has 0 radical (unpaired) electrons. The molecule has 2 rings (SSSR count). The number of hydrogen-bond donors (Lipinski definition) is 1. The lowest BCUT2D eigenvalue weighted by Crippen LogP contribution is -2.44. The summed E-state index contributed by atoms with van der Waals surface area (Å²) in [6, 6.07) is 6.95. The highest BCUT2D eigenvalue weighted by Gasteiger charge is 2.25. The first kappa shape index (κ1) is 8.87. The van der Waals surface area contributed by atoms with Gasteiger partial charge in [0.15, 0.2) is 0 Å². The maximum Gasteiger partial charge on any atom is 0.319 e. The Morgan fingerprint density at radius 2 is 2.29 bits per heavy atom. The molecule has 1 heterocycles. The minimum atomic E-state index is -0.437. The molecule has 14 heavy (non-hydrogen) atoms. The fraction of sp³-hybridized carbons (Fsp3) is 0.300. The van der Waals surface area contributed by atoms with E-state index in [1.807, 2.05) is 31.2 Å². The van der Waals surface area contributed by atoms with Crippen LogP contribution in [-0.2, 0) is 0 Å². The molecule has 0 saturated heterocycles. The van der Waals surface area contributed by atoms with E-state index < -0.39 is 6.03 Å². The zero-order valence-corrected chi connectivity index (χ0v) is 7.93. The van der Waals surface area contributed by atoms with Crippen LogP contribution in [0.15, 0.2) is 24.3 Å². The molecule has 0 aliphatic carbocycles. The van der Waals surface area contributed by atoms with Gasteiger partial charge in [0.05, 0.1) is 12.2 Å². The molecule has 1 aromatic carbocycles. The van der Waals surface area contributed by atoms with Crippen molar-refractivity contribution in [3.8, 4) is 5.75 Å². The lowest BCUT2D eigenvalue weighted by molar-refractivity contribution is 0.208. The topological polar surface area (TPSA) is 55.6 Å². The number of hydrogen-bond acceptors (Lipinski definition) is 2. The number of nitrogens with zero attached hydrogens (tertiary/aromatic N) is 1. The van der Waals surface area contributed by atoms with E-state index in [-0.39, 0.29) is 6.10 Å². The standard InChI is InChI=1S/C10H12N2O2/c1-7-6-12(10(11)13)8-4-2-3-5-9(8)14-7/h2-5,7H,6H2,1H3,(H2,11,13). The number of carbonyl (C=O) groups is 1. The van der Waals surface area contributed by atoms with Gasteiger partial charge in [-0.15, -0.1) is 0 Å². The van der Waals surface area contributed by atoms with E-state index in [0.29, 0.717) is 12.3 Å². The number of rotatable bonds is 0. The molecule has 1 atom stereocenters. The summed E-state index contributed by atoms with van der Waals surface area (Å²) in [5.74, 6) is 0.713. The highest BCUT2D eigenvalue weighted by molar-refractivity contribution is 5.92. The predicted molar refractivity (Wildman–Crippen MR) is 53.5 cm³/mol. The molecule has 2 N–H and O–H groups in total. The zero-order chi connectivity index (χ0) is 10.1. The second-order valence-corrected chi connectivity index (χ2v) is 3.35. The van der Waals surface area contributed by atoms with Crippen LogP contribution in [0, 0.1) is 0 Å².